The lowest BCUT2D eigenvalue weighted by Gasteiger charge is -2.19. The number of hydrogen-bond donors (Lipinski definition) is 1. The van der Waals surface area contributed by atoms with Gasteiger partial charge in [0, 0.05) is 21.7 Å². The summed E-state index contributed by atoms with van der Waals surface area (Å²) in [4.78, 5) is 14.8. The highest BCUT2D eigenvalue weighted by atomic mass is 32.2. The van der Waals surface area contributed by atoms with Crippen molar-refractivity contribution in [1.29, 1.82) is 0 Å². The number of benzene rings is 3. The van der Waals surface area contributed by atoms with E-state index in [0.29, 0.717) is 6.42 Å². The van der Waals surface area contributed by atoms with Crippen LogP contribution in [0.15, 0.2) is 76.5 Å². The molecule has 0 aliphatic heterocycles. The summed E-state index contributed by atoms with van der Waals surface area (Å²) in [6, 6.07) is 21.1. The predicted molar refractivity (Wildman–Crippen MR) is 146 cm³/mol. The zero-order chi connectivity index (χ0) is 21.8. The van der Waals surface area contributed by atoms with E-state index in [1.165, 1.54) is 28.2 Å². The monoisotopic (exact) mass is 525 g/mol. The third-order valence-electron chi connectivity index (χ3n) is 5.43. The van der Waals surface area contributed by atoms with Gasteiger partial charge in [-0.25, -0.2) is 4.39 Å². The fourth-order valence-corrected chi connectivity index (χ4v) is 5.81. The molecule has 9 N–H and O–H groups in total. The predicted octanol–water partition coefficient (Wildman–Crippen LogP) is 4.16. The fraction of sp³-hybridized carbons (Fsp3) is 0.269. The van der Waals surface area contributed by atoms with Gasteiger partial charge in [-0.15, -0.1) is 23.5 Å². The molecule has 0 aromatic heterocycles. The van der Waals surface area contributed by atoms with Gasteiger partial charge in [0.1, 0.15) is 5.82 Å². The number of nitrogens with one attached hydrogen (secondary N) is 1. The van der Waals surface area contributed by atoms with Gasteiger partial charge in [-0.2, -0.15) is 0 Å². The Morgan fingerprint density at radius 1 is 0.943 bits per heavy atom. The second-order valence-corrected chi connectivity index (χ2v) is 10.7. The molecule has 194 valence electrons. The number of carbonyl (C=O) groups excluding carboxylic acids is 1. The lowest BCUT2D eigenvalue weighted by Crippen LogP contribution is -2.15. The second-order valence-electron chi connectivity index (χ2n) is 7.88. The molecular formula is C26H36FNO5S2. The Hall–Kier alpha value is -2.40. The highest BCUT2D eigenvalue weighted by Gasteiger charge is 2.46. The van der Waals surface area contributed by atoms with Crippen LogP contribution in [0.3, 0.4) is 0 Å². The summed E-state index contributed by atoms with van der Waals surface area (Å²) in [5, 5.41) is 3.03. The summed E-state index contributed by atoms with van der Waals surface area (Å²) in [6.45, 7) is 4.23. The zero-order valence-corrected chi connectivity index (χ0v) is 21.4. The first-order chi connectivity index (χ1) is 15.0. The molecule has 1 saturated carbocycles. The van der Waals surface area contributed by atoms with Crippen LogP contribution in [-0.4, -0.2) is 33.6 Å². The largest absolute Gasteiger partial charge is 0.412 e. The van der Waals surface area contributed by atoms with Gasteiger partial charge in [0.2, 0.25) is 5.91 Å². The van der Waals surface area contributed by atoms with E-state index in [0.717, 1.165) is 34.7 Å². The average molecular weight is 526 g/mol. The molecule has 1 aliphatic carbocycles. The van der Waals surface area contributed by atoms with Gasteiger partial charge in [0.25, 0.3) is 0 Å². The highest BCUT2D eigenvalue weighted by Crippen LogP contribution is 2.60. The molecule has 1 fully saturated rings. The van der Waals surface area contributed by atoms with Gasteiger partial charge in [0.05, 0.1) is 6.42 Å². The van der Waals surface area contributed by atoms with E-state index >= 15 is 0 Å². The molecule has 0 saturated heterocycles. The number of halogens is 1. The Kier molecular flexibility index (Phi) is 13.3. The molecule has 0 spiro atoms. The summed E-state index contributed by atoms with van der Waals surface area (Å²) in [7, 11) is 0. The van der Waals surface area contributed by atoms with Gasteiger partial charge in [-0.05, 0) is 90.7 Å². The maximum Gasteiger partial charge on any atom is 0.228 e. The molecule has 4 rings (SSSR count). The van der Waals surface area contributed by atoms with Crippen molar-refractivity contribution >= 4 is 35.1 Å². The molecule has 9 heteroatoms. The Labute approximate surface area is 215 Å². The number of amides is 1. The summed E-state index contributed by atoms with van der Waals surface area (Å²) in [6.07, 6.45) is 2.57. The Morgan fingerprint density at radius 3 is 2.09 bits per heavy atom. The third-order valence-corrected chi connectivity index (χ3v) is 7.85. The van der Waals surface area contributed by atoms with E-state index < -0.39 is 0 Å². The SMILES string of the molecule is CCSc1ccc(CC(=O)Nc2ccc(C3(Sc4ccc(F)cc4)CC3)c(C)c2)cc1.O.O.O.O.[HH]. The van der Waals surface area contributed by atoms with E-state index in [1.54, 1.807) is 23.5 Å². The first kappa shape index (κ1) is 32.6. The molecule has 3 aromatic carbocycles. The minimum absolute atomic E-state index is 0. The van der Waals surface area contributed by atoms with Gasteiger partial charge < -0.3 is 27.2 Å². The average Bonchev–Trinajstić information content (AvgIpc) is 3.52. The quantitative estimate of drug-likeness (QED) is 0.439. The van der Waals surface area contributed by atoms with Crippen LogP contribution in [0.1, 0.15) is 37.9 Å². The number of aryl methyl sites for hydroxylation is 1. The summed E-state index contributed by atoms with van der Waals surface area (Å²) >= 11 is 3.60. The molecule has 1 amide bonds. The van der Waals surface area contributed by atoms with Crippen molar-refractivity contribution in [1.82, 2.24) is 0 Å². The van der Waals surface area contributed by atoms with Crippen LogP contribution in [0.2, 0.25) is 0 Å². The van der Waals surface area contributed by atoms with Crippen LogP contribution >= 0.6 is 23.5 Å². The molecule has 0 unspecified atom stereocenters. The topological polar surface area (TPSA) is 155 Å². The van der Waals surface area contributed by atoms with Crippen LogP contribution in [0.5, 0.6) is 0 Å². The lowest BCUT2D eigenvalue weighted by atomic mass is 10.0. The number of rotatable bonds is 8. The van der Waals surface area contributed by atoms with Crippen LogP contribution in [0.4, 0.5) is 10.1 Å². The van der Waals surface area contributed by atoms with Crippen molar-refractivity contribution < 1.29 is 32.5 Å². The Morgan fingerprint density at radius 2 is 1.54 bits per heavy atom. The first-order valence-electron chi connectivity index (χ1n) is 10.5. The number of carbonyl (C=O) groups is 1. The molecule has 1 aliphatic rings. The van der Waals surface area contributed by atoms with Gasteiger partial charge in [-0.1, -0.05) is 25.1 Å². The first-order valence-corrected chi connectivity index (χ1v) is 12.3. The standard InChI is InChI=1S/C26H26FNOS2.4H2O.H2/c1-3-30-22-9-4-19(5-10-22)17-25(29)28-21-8-13-24(18(2)16-21)26(14-15-26)31-23-11-6-20(27)7-12-23;;;;;/h4-13,16H,3,14-15,17H2,1-2H3,(H,28,29);4*1H2;1H. The van der Waals surface area contributed by atoms with Crippen molar-refractivity contribution in [2.75, 3.05) is 11.1 Å². The molecule has 6 nitrogen and oxygen atoms in total. The minimum atomic E-state index is -0.207. The van der Waals surface area contributed by atoms with Crippen molar-refractivity contribution in [2.24, 2.45) is 0 Å². The lowest BCUT2D eigenvalue weighted by molar-refractivity contribution is -0.115. The minimum Gasteiger partial charge on any atom is -0.412 e. The van der Waals surface area contributed by atoms with Gasteiger partial charge >= 0.3 is 0 Å². The summed E-state index contributed by atoms with van der Waals surface area (Å²) in [5.74, 6) is 0.824. The van der Waals surface area contributed by atoms with Crippen LogP contribution in [0.25, 0.3) is 0 Å². The second kappa shape index (κ2) is 14.2. The fourth-order valence-electron chi connectivity index (χ4n) is 3.78. The van der Waals surface area contributed by atoms with Crippen molar-refractivity contribution in [3.8, 4) is 0 Å². The number of hydrogen-bond acceptors (Lipinski definition) is 3. The maximum absolute atomic E-state index is 13.2. The molecule has 0 atom stereocenters. The van der Waals surface area contributed by atoms with Crippen molar-refractivity contribution in [2.45, 2.75) is 47.6 Å². The molecule has 35 heavy (non-hydrogen) atoms. The maximum atomic E-state index is 13.2. The smallest absolute Gasteiger partial charge is 0.228 e. The number of thioether (sulfide) groups is 2. The molecule has 0 bridgehead atoms. The Balaban J connectivity index is 0. The van der Waals surface area contributed by atoms with Crippen LogP contribution in [-0.2, 0) is 16.0 Å². The molecule has 0 heterocycles. The Bertz CT molecular complexity index is 1080. The molecule has 0 radical (unpaired) electrons. The third kappa shape index (κ3) is 8.34. The molecular weight excluding hydrogens is 489 g/mol. The van der Waals surface area contributed by atoms with E-state index in [4.69, 9.17) is 0 Å². The van der Waals surface area contributed by atoms with Crippen LogP contribution < -0.4 is 5.32 Å². The normalized spacial score (nSPS) is 12.7. The van der Waals surface area contributed by atoms with E-state index in [2.05, 4.69) is 43.4 Å². The van der Waals surface area contributed by atoms with Crippen LogP contribution in [0, 0.1) is 12.7 Å². The molecule has 3 aromatic rings. The van der Waals surface area contributed by atoms with E-state index in [9.17, 15) is 9.18 Å². The van der Waals surface area contributed by atoms with E-state index in [1.807, 2.05) is 30.3 Å². The zero-order valence-electron chi connectivity index (χ0n) is 19.8. The van der Waals surface area contributed by atoms with Crippen molar-refractivity contribution in [3.05, 3.63) is 89.2 Å². The number of anilines is 1. The summed E-state index contributed by atoms with van der Waals surface area (Å²) in [5.41, 5.74) is 4.31. The van der Waals surface area contributed by atoms with Crippen molar-refractivity contribution in [3.63, 3.8) is 0 Å². The summed E-state index contributed by atoms with van der Waals surface area (Å²) < 4.78 is 13.3. The highest BCUT2D eigenvalue weighted by molar-refractivity contribution is 8.00. The van der Waals surface area contributed by atoms with Gasteiger partial charge in [0.15, 0.2) is 0 Å². The van der Waals surface area contributed by atoms with Gasteiger partial charge in [-0.3, -0.25) is 4.79 Å². The van der Waals surface area contributed by atoms with E-state index in [-0.39, 0.29) is 39.8 Å².